The van der Waals surface area contributed by atoms with Gasteiger partial charge in [0.1, 0.15) is 5.82 Å². The number of halogens is 2. The highest BCUT2D eigenvalue weighted by atomic mass is 79.9. The predicted molar refractivity (Wildman–Crippen MR) is 82.0 cm³/mol. The van der Waals surface area contributed by atoms with Crippen molar-refractivity contribution in [1.29, 1.82) is 0 Å². The maximum absolute atomic E-state index is 13.7. The molecule has 0 atom stereocenters. The minimum atomic E-state index is -0.210. The molecule has 0 aliphatic rings. The van der Waals surface area contributed by atoms with Crippen LogP contribution in [-0.4, -0.2) is 15.3 Å². The molecule has 0 saturated carbocycles. The van der Waals surface area contributed by atoms with Gasteiger partial charge in [0.25, 0.3) is 0 Å². The summed E-state index contributed by atoms with van der Waals surface area (Å²) in [5.41, 5.74) is 1.63. The number of rotatable bonds is 4. The monoisotopic (exact) mass is 339 g/mol. The first-order valence-corrected chi connectivity index (χ1v) is 7.34. The molecular formula is C15H19BrFN3. The summed E-state index contributed by atoms with van der Waals surface area (Å²) in [6, 6.07) is 6.89. The molecule has 0 aliphatic heterocycles. The summed E-state index contributed by atoms with van der Waals surface area (Å²) >= 11 is 3.36. The summed E-state index contributed by atoms with van der Waals surface area (Å²) in [6.07, 6.45) is 1.88. The maximum Gasteiger partial charge on any atom is 0.128 e. The maximum atomic E-state index is 13.7. The molecular weight excluding hydrogens is 321 g/mol. The molecule has 0 spiro atoms. The van der Waals surface area contributed by atoms with E-state index in [1.807, 2.05) is 12.3 Å². The molecule has 20 heavy (non-hydrogen) atoms. The number of benzene rings is 1. The van der Waals surface area contributed by atoms with Gasteiger partial charge in [0.2, 0.25) is 0 Å². The molecule has 1 N–H and O–H groups in total. The minimum Gasteiger partial charge on any atom is -0.306 e. The summed E-state index contributed by atoms with van der Waals surface area (Å²) in [5.74, 6) is -0.210. The van der Waals surface area contributed by atoms with Crippen molar-refractivity contribution in [3.63, 3.8) is 0 Å². The quantitative estimate of drug-likeness (QED) is 0.919. The summed E-state index contributed by atoms with van der Waals surface area (Å²) in [7, 11) is 0. The van der Waals surface area contributed by atoms with Crippen LogP contribution in [0.5, 0.6) is 0 Å². The van der Waals surface area contributed by atoms with Crippen LogP contribution in [0.2, 0.25) is 0 Å². The van der Waals surface area contributed by atoms with Gasteiger partial charge >= 0.3 is 0 Å². The lowest BCUT2D eigenvalue weighted by molar-refractivity contribution is 0.419. The molecule has 2 aromatic rings. The van der Waals surface area contributed by atoms with Crippen LogP contribution >= 0.6 is 15.9 Å². The summed E-state index contributed by atoms with van der Waals surface area (Å²) in [4.78, 5) is 0. The number of hydrogen-bond acceptors (Lipinski definition) is 2. The topological polar surface area (TPSA) is 29.9 Å². The molecule has 0 amide bonds. The van der Waals surface area contributed by atoms with Gasteiger partial charge in [-0.15, -0.1) is 0 Å². The molecule has 2 rings (SSSR count). The van der Waals surface area contributed by atoms with Gasteiger partial charge in [0.05, 0.1) is 12.2 Å². The van der Waals surface area contributed by atoms with E-state index in [4.69, 9.17) is 0 Å². The Kier molecular flexibility index (Phi) is 4.60. The van der Waals surface area contributed by atoms with Gasteiger partial charge in [0.15, 0.2) is 0 Å². The van der Waals surface area contributed by atoms with Crippen LogP contribution in [0.1, 0.15) is 32.0 Å². The standard InChI is InChI=1S/C15H19BrFN3/c1-15(2,3)18-9-13-6-7-20(19-13)10-11-8-12(16)4-5-14(11)17/h4-8,18H,9-10H2,1-3H3. The number of nitrogens with one attached hydrogen (secondary N) is 1. The lowest BCUT2D eigenvalue weighted by Gasteiger charge is -2.19. The van der Waals surface area contributed by atoms with Gasteiger partial charge in [-0.25, -0.2) is 4.39 Å². The van der Waals surface area contributed by atoms with Crippen LogP contribution in [0.3, 0.4) is 0 Å². The highest BCUT2D eigenvalue weighted by Crippen LogP contribution is 2.16. The second-order valence-electron chi connectivity index (χ2n) is 5.84. The Morgan fingerprint density at radius 2 is 2.05 bits per heavy atom. The van der Waals surface area contributed by atoms with Crippen LogP contribution in [0.15, 0.2) is 34.9 Å². The summed E-state index contributed by atoms with van der Waals surface area (Å²) < 4.78 is 16.3. The van der Waals surface area contributed by atoms with Gasteiger partial charge in [-0.2, -0.15) is 5.10 Å². The van der Waals surface area contributed by atoms with Crippen LogP contribution < -0.4 is 5.32 Å². The SMILES string of the molecule is CC(C)(C)NCc1ccn(Cc2cc(Br)ccc2F)n1. The van der Waals surface area contributed by atoms with E-state index in [9.17, 15) is 4.39 Å². The van der Waals surface area contributed by atoms with Crippen LogP contribution in [-0.2, 0) is 13.1 Å². The molecule has 0 bridgehead atoms. The first-order valence-electron chi connectivity index (χ1n) is 6.55. The smallest absolute Gasteiger partial charge is 0.128 e. The Balaban J connectivity index is 2.04. The molecule has 5 heteroatoms. The van der Waals surface area contributed by atoms with Gasteiger partial charge in [-0.3, -0.25) is 4.68 Å². The Bertz CT molecular complexity index is 587. The van der Waals surface area contributed by atoms with Gasteiger partial charge in [0, 0.05) is 28.3 Å². The molecule has 1 heterocycles. The van der Waals surface area contributed by atoms with Crippen molar-refractivity contribution in [3.05, 3.63) is 52.0 Å². The largest absolute Gasteiger partial charge is 0.306 e. The average Bonchev–Trinajstić information content (AvgIpc) is 2.78. The van der Waals surface area contributed by atoms with E-state index < -0.39 is 0 Å². The van der Waals surface area contributed by atoms with Crippen molar-refractivity contribution >= 4 is 15.9 Å². The Morgan fingerprint density at radius 3 is 2.75 bits per heavy atom. The van der Waals surface area contributed by atoms with E-state index in [1.54, 1.807) is 16.8 Å². The molecule has 1 aromatic heterocycles. The summed E-state index contributed by atoms with van der Waals surface area (Å²) in [6.45, 7) is 7.47. The minimum absolute atomic E-state index is 0.0557. The third kappa shape index (κ3) is 4.42. The second kappa shape index (κ2) is 6.06. The number of hydrogen-bond donors (Lipinski definition) is 1. The van der Waals surface area contributed by atoms with Crippen molar-refractivity contribution in [1.82, 2.24) is 15.1 Å². The van der Waals surface area contributed by atoms with Crippen molar-refractivity contribution in [2.75, 3.05) is 0 Å². The number of nitrogens with zero attached hydrogens (tertiary/aromatic N) is 2. The molecule has 0 unspecified atom stereocenters. The molecule has 0 radical (unpaired) electrons. The van der Waals surface area contributed by atoms with Crippen LogP contribution in [0, 0.1) is 5.82 Å². The normalized spacial score (nSPS) is 11.8. The van der Waals surface area contributed by atoms with E-state index in [-0.39, 0.29) is 11.4 Å². The number of aromatic nitrogens is 2. The molecule has 0 fully saturated rings. The van der Waals surface area contributed by atoms with Gasteiger partial charge in [-0.05, 0) is 45.0 Å². The zero-order valence-electron chi connectivity index (χ0n) is 12.0. The van der Waals surface area contributed by atoms with Crippen molar-refractivity contribution < 1.29 is 4.39 Å². The second-order valence-corrected chi connectivity index (χ2v) is 6.76. The zero-order chi connectivity index (χ0) is 14.8. The highest BCUT2D eigenvalue weighted by Gasteiger charge is 2.10. The third-order valence-electron chi connectivity index (χ3n) is 2.84. The first kappa shape index (κ1) is 15.2. The zero-order valence-corrected chi connectivity index (χ0v) is 13.5. The molecule has 3 nitrogen and oxygen atoms in total. The van der Waals surface area contributed by atoms with Gasteiger partial charge in [-0.1, -0.05) is 15.9 Å². The van der Waals surface area contributed by atoms with E-state index >= 15 is 0 Å². The Labute approximate surface area is 127 Å². The lowest BCUT2D eigenvalue weighted by Crippen LogP contribution is -2.35. The third-order valence-corrected chi connectivity index (χ3v) is 3.33. The van der Waals surface area contributed by atoms with E-state index in [1.165, 1.54) is 6.07 Å². The van der Waals surface area contributed by atoms with Crippen LogP contribution in [0.4, 0.5) is 4.39 Å². The van der Waals surface area contributed by atoms with Crippen molar-refractivity contribution in [2.45, 2.75) is 39.4 Å². The molecule has 0 aliphatic carbocycles. The molecule has 108 valence electrons. The Hall–Kier alpha value is -1.20. The molecule has 1 aromatic carbocycles. The fraction of sp³-hybridized carbons (Fsp3) is 0.400. The van der Waals surface area contributed by atoms with E-state index in [2.05, 4.69) is 47.1 Å². The van der Waals surface area contributed by atoms with Crippen LogP contribution in [0.25, 0.3) is 0 Å². The Morgan fingerprint density at radius 1 is 1.30 bits per heavy atom. The first-order chi connectivity index (χ1) is 9.33. The fourth-order valence-corrected chi connectivity index (χ4v) is 2.19. The fourth-order valence-electron chi connectivity index (χ4n) is 1.78. The summed E-state index contributed by atoms with van der Waals surface area (Å²) in [5, 5.41) is 7.83. The predicted octanol–water partition coefficient (Wildman–Crippen LogP) is 3.72. The van der Waals surface area contributed by atoms with E-state index in [0.717, 1.165) is 10.2 Å². The van der Waals surface area contributed by atoms with Gasteiger partial charge < -0.3 is 5.32 Å². The molecule has 0 saturated heterocycles. The lowest BCUT2D eigenvalue weighted by atomic mass is 10.1. The van der Waals surface area contributed by atoms with Crippen molar-refractivity contribution in [3.8, 4) is 0 Å². The van der Waals surface area contributed by atoms with E-state index in [0.29, 0.717) is 18.7 Å². The average molecular weight is 340 g/mol. The highest BCUT2D eigenvalue weighted by molar-refractivity contribution is 9.10. The van der Waals surface area contributed by atoms with Crippen molar-refractivity contribution in [2.24, 2.45) is 0 Å².